The van der Waals surface area contributed by atoms with Crippen LogP contribution in [0.25, 0.3) is 10.9 Å². The number of hydrogen-bond acceptors (Lipinski definition) is 4. The number of pyridine rings is 1. The highest BCUT2D eigenvalue weighted by Crippen LogP contribution is 2.37. The van der Waals surface area contributed by atoms with E-state index in [0.29, 0.717) is 6.54 Å². The molecule has 1 saturated carbocycles. The Bertz CT molecular complexity index is 842. The van der Waals surface area contributed by atoms with Crippen LogP contribution in [0.15, 0.2) is 36.4 Å². The summed E-state index contributed by atoms with van der Waals surface area (Å²) in [5.41, 5.74) is 1.07. The second kappa shape index (κ2) is 5.83. The van der Waals surface area contributed by atoms with Gasteiger partial charge in [-0.2, -0.15) is 0 Å². The first kappa shape index (κ1) is 16.1. The fourth-order valence-electron chi connectivity index (χ4n) is 3.55. The molecule has 5 nitrogen and oxygen atoms in total. The van der Waals surface area contributed by atoms with Crippen LogP contribution >= 0.6 is 0 Å². The van der Waals surface area contributed by atoms with Crippen molar-refractivity contribution in [3.63, 3.8) is 0 Å². The predicted octanol–water partition coefficient (Wildman–Crippen LogP) is 3.07. The molecule has 4 rings (SSSR count). The number of carbonyl (C=O) groups is 2. The van der Waals surface area contributed by atoms with Crippen molar-refractivity contribution in [2.24, 2.45) is 5.92 Å². The van der Waals surface area contributed by atoms with E-state index in [0.717, 1.165) is 29.4 Å². The van der Waals surface area contributed by atoms with Gasteiger partial charge in [0, 0.05) is 11.4 Å². The molecule has 130 valence electrons. The molecule has 2 aromatic rings. The lowest BCUT2D eigenvalue weighted by atomic mass is 9.89. The number of amides is 1. The minimum absolute atomic E-state index is 0.00769. The molecule has 0 spiro atoms. The smallest absolute Gasteiger partial charge is 0.307 e. The van der Waals surface area contributed by atoms with E-state index in [9.17, 15) is 9.59 Å². The lowest BCUT2D eigenvalue weighted by molar-refractivity contribution is -0.149. The van der Waals surface area contributed by atoms with Crippen molar-refractivity contribution in [3.05, 3.63) is 42.1 Å². The van der Waals surface area contributed by atoms with E-state index in [1.54, 1.807) is 0 Å². The van der Waals surface area contributed by atoms with Gasteiger partial charge in [-0.05, 0) is 38.8 Å². The van der Waals surface area contributed by atoms with E-state index < -0.39 is 11.5 Å². The fourth-order valence-corrected chi connectivity index (χ4v) is 3.55. The second-order valence-corrected chi connectivity index (χ2v) is 7.53. The molecule has 1 saturated heterocycles. The molecule has 5 heteroatoms. The van der Waals surface area contributed by atoms with Crippen molar-refractivity contribution in [2.45, 2.75) is 51.3 Å². The van der Waals surface area contributed by atoms with Crippen LogP contribution in [0.5, 0.6) is 0 Å². The molecule has 2 fully saturated rings. The zero-order valence-corrected chi connectivity index (χ0v) is 14.6. The molecule has 2 aliphatic rings. The summed E-state index contributed by atoms with van der Waals surface area (Å²) in [6.07, 6.45) is 2.20. The number of benzene rings is 1. The first-order chi connectivity index (χ1) is 11.9. The first-order valence-corrected chi connectivity index (χ1v) is 8.81. The van der Waals surface area contributed by atoms with Gasteiger partial charge in [-0.1, -0.05) is 24.3 Å². The Labute approximate surface area is 147 Å². The largest absolute Gasteiger partial charge is 0.459 e. The third-order valence-electron chi connectivity index (χ3n) is 5.14. The summed E-state index contributed by atoms with van der Waals surface area (Å²) in [4.78, 5) is 31.4. The van der Waals surface area contributed by atoms with E-state index in [4.69, 9.17) is 9.72 Å². The zero-order valence-electron chi connectivity index (χ0n) is 14.6. The summed E-state index contributed by atoms with van der Waals surface area (Å²) in [6, 6.07) is 12.2. The minimum Gasteiger partial charge on any atom is -0.459 e. The molecular formula is C20H22N2O3. The van der Waals surface area contributed by atoms with Crippen LogP contribution in [-0.2, 0) is 20.9 Å². The Morgan fingerprint density at radius 3 is 2.68 bits per heavy atom. The average Bonchev–Trinajstić information content (AvgIpc) is 3.37. The molecule has 1 aliphatic heterocycles. The first-order valence-electron chi connectivity index (χ1n) is 8.81. The van der Waals surface area contributed by atoms with Crippen molar-refractivity contribution in [1.82, 2.24) is 9.88 Å². The zero-order chi connectivity index (χ0) is 17.6. The van der Waals surface area contributed by atoms with E-state index in [1.807, 2.05) is 55.1 Å². The number of carbonyl (C=O) groups excluding carboxylic acids is 2. The lowest BCUT2D eigenvalue weighted by Gasteiger charge is -2.30. The van der Waals surface area contributed by atoms with Crippen molar-refractivity contribution < 1.29 is 14.3 Å². The van der Waals surface area contributed by atoms with Gasteiger partial charge < -0.3 is 9.64 Å². The summed E-state index contributed by atoms with van der Waals surface area (Å²) in [7, 11) is 0. The molecule has 1 aromatic heterocycles. The summed E-state index contributed by atoms with van der Waals surface area (Å²) >= 11 is 0. The van der Waals surface area contributed by atoms with Gasteiger partial charge in [-0.25, -0.2) is 0 Å². The number of esters is 1. The highest BCUT2D eigenvalue weighted by molar-refractivity contribution is 5.88. The van der Waals surface area contributed by atoms with Crippen LogP contribution in [0, 0.1) is 5.92 Å². The van der Waals surface area contributed by atoms with Crippen LogP contribution in [0.1, 0.15) is 38.8 Å². The molecule has 1 atom stereocenters. The van der Waals surface area contributed by atoms with Crippen molar-refractivity contribution in [2.75, 3.05) is 0 Å². The van der Waals surface area contributed by atoms with Gasteiger partial charge in [0.15, 0.2) is 0 Å². The maximum absolute atomic E-state index is 13.1. The summed E-state index contributed by atoms with van der Waals surface area (Å²) < 4.78 is 5.34. The Morgan fingerprint density at radius 1 is 1.24 bits per heavy atom. The van der Waals surface area contributed by atoms with Gasteiger partial charge in [-0.15, -0.1) is 0 Å². The Morgan fingerprint density at radius 2 is 2.00 bits per heavy atom. The van der Waals surface area contributed by atoms with Gasteiger partial charge >= 0.3 is 5.97 Å². The van der Waals surface area contributed by atoms with E-state index >= 15 is 0 Å². The fraction of sp³-hybridized carbons (Fsp3) is 0.450. The number of para-hydroxylation sites is 1. The topological polar surface area (TPSA) is 59.5 Å². The third-order valence-corrected chi connectivity index (χ3v) is 5.14. The molecule has 1 unspecified atom stereocenters. The van der Waals surface area contributed by atoms with E-state index in [-0.39, 0.29) is 24.3 Å². The van der Waals surface area contributed by atoms with Crippen LogP contribution in [0.4, 0.5) is 0 Å². The van der Waals surface area contributed by atoms with Crippen LogP contribution in [0.2, 0.25) is 0 Å². The standard InChI is InChI=1S/C20H22N2O3/c1-20(2)16(11-18(23)25-20)19(24)22(15-9-10-15)12-14-8-7-13-5-3-4-6-17(13)21-14/h3-8,15-16H,9-12H2,1-2H3. The van der Waals surface area contributed by atoms with E-state index in [1.165, 1.54) is 0 Å². The molecule has 1 amide bonds. The molecule has 1 aromatic carbocycles. The predicted molar refractivity (Wildman–Crippen MR) is 93.6 cm³/mol. The van der Waals surface area contributed by atoms with Crippen molar-refractivity contribution >= 4 is 22.8 Å². The SMILES string of the molecule is CC1(C)OC(=O)CC1C(=O)N(Cc1ccc2ccccc2n1)C1CC1. The maximum Gasteiger partial charge on any atom is 0.307 e. The van der Waals surface area contributed by atoms with Gasteiger partial charge in [0.25, 0.3) is 0 Å². The van der Waals surface area contributed by atoms with Crippen LogP contribution in [0.3, 0.4) is 0 Å². The summed E-state index contributed by atoms with van der Waals surface area (Å²) in [6.45, 7) is 4.12. The molecular weight excluding hydrogens is 316 g/mol. The number of aromatic nitrogens is 1. The quantitative estimate of drug-likeness (QED) is 0.804. The average molecular weight is 338 g/mol. The van der Waals surface area contributed by atoms with Gasteiger partial charge in [0.1, 0.15) is 5.60 Å². The van der Waals surface area contributed by atoms with Crippen LogP contribution < -0.4 is 0 Å². The number of rotatable bonds is 4. The number of cyclic esters (lactones) is 1. The Hall–Kier alpha value is -2.43. The van der Waals surface area contributed by atoms with E-state index in [2.05, 4.69) is 0 Å². The van der Waals surface area contributed by atoms with Crippen molar-refractivity contribution in [3.8, 4) is 0 Å². The lowest BCUT2D eigenvalue weighted by Crippen LogP contribution is -2.44. The van der Waals surface area contributed by atoms with Gasteiger partial charge in [0.2, 0.25) is 5.91 Å². The normalized spacial score (nSPS) is 22.0. The third kappa shape index (κ3) is 3.11. The molecule has 0 N–H and O–H groups in total. The molecule has 0 radical (unpaired) electrons. The number of ether oxygens (including phenoxy) is 1. The Balaban J connectivity index is 1.59. The number of nitrogens with zero attached hydrogens (tertiary/aromatic N) is 2. The van der Waals surface area contributed by atoms with Crippen LogP contribution in [-0.4, -0.2) is 33.4 Å². The van der Waals surface area contributed by atoms with Crippen molar-refractivity contribution in [1.29, 1.82) is 0 Å². The monoisotopic (exact) mass is 338 g/mol. The molecule has 2 heterocycles. The summed E-state index contributed by atoms with van der Waals surface area (Å²) in [5, 5.41) is 1.09. The maximum atomic E-state index is 13.1. The number of hydrogen-bond donors (Lipinski definition) is 0. The summed E-state index contributed by atoms with van der Waals surface area (Å²) in [5.74, 6) is -0.697. The highest BCUT2D eigenvalue weighted by Gasteiger charge is 2.49. The number of fused-ring (bicyclic) bond motifs is 1. The Kier molecular flexibility index (Phi) is 3.74. The van der Waals surface area contributed by atoms with Gasteiger partial charge in [0.05, 0.1) is 30.1 Å². The molecule has 1 aliphatic carbocycles. The second-order valence-electron chi connectivity index (χ2n) is 7.53. The van der Waals surface area contributed by atoms with Gasteiger partial charge in [-0.3, -0.25) is 14.6 Å². The molecule has 0 bridgehead atoms. The molecule has 25 heavy (non-hydrogen) atoms. The highest BCUT2D eigenvalue weighted by atomic mass is 16.6. The minimum atomic E-state index is -0.738.